The van der Waals surface area contributed by atoms with Crippen molar-refractivity contribution in [2.45, 2.75) is 108 Å². The summed E-state index contributed by atoms with van der Waals surface area (Å²) in [5, 5.41) is 8.88. The fourth-order valence-electron chi connectivity index (χ4n) is 5.74. The molecule has 3 amide bonds. The Kier molecular flexibility index (Phi) is 13.5. The number of primary amides is 1. The molecule has 3 fully saturated rings. The molecule has 1 spiro atoms. The first-order chi connectivity index (χ1) is 18.4. The predicted molar refractivity (Wildman–Crippen MR) is 151 cm³/mol. The van der Waals surface area contributed by atoms with Crippen molar-refractivity contribution in [2.24, 2.45) is 5.73 Å². The first kappa shape index (κ1) is 31.0. The van der Waals surface area contributed by atoms with Crippen molar-refractivity contribution in [3.8, 4) is 0 Å². The van der Waals surface area contributed by atoms with Gasteiger partial charge in [-0.3, -0.25) is 9.59 Å². The van der Waals surface area contributed by atoms with Gasteiger partial charge in [-0.1, -0.05) is 12.8 Å². The molecule has 0 aromatic rings. The van der Waals surface area contributed by atoms with Crippen molar-refractivity contribution in [1.29, 1.82) is 0 Å². The Morgan fingerprint density at radius 3 is 2.61 bits per heavy atom. The van der Waals surface area contributed by atoms with Gasteiger partial charge in [0.1, 0.15) is 13.1 Å². The quantitative estimate of drug-likeness (QED) is 0.116. The van der Waals surface area contributed by atoms with Crippen LogP contribution in [0, 0.1) is 0 Å². The maximum atomic E-state index is 12.0. The van der Waals surface area contributed by atoms with E-state index in [0.717, 1.165) is 87.8 Å². The molecule has 0 aliphatic carbocycles. The van der Waals surface area contributed by atoms with E-state index in [1.807, 2.05) is 11.8 Å². The smallest absolute Gasteiger partial charge is 0.312 e. The molecule has 0 saturated carbocycles. The van der Waals surface area contributed by atoms with Gasteiger partial charge in [-0.25, -0.2) is 4.79 Å². The summed E-state index contributed by atoms with van der Waals surface area (Å²) in [6.07, 6.45) is 12.1. The van der Waals surface area contributed by atoms with Crippen LogP contribution in [0.2, 0.25) is 0 Å². The molecular weight excluding hydrogens is 504 g/mol. The van der Waals surface area contributed by atoms with Gasteiger partial charge in [0.2, 0.25) is 5.91 Å². The average molecular weight is 556 g/mol. The van der Waals surface area contributed by atoms with Gasteiger partial charge in [0, 0.05) is 43.0 Å². The van der Waals surface area contributed by atoms with Crippen molar-refractivity contribution in [3.63, 3.8) is 0 Å². The topological polar surface area (TPSA) is 126 Å². The second-order valence-electron chi connectivity index (χ2n) is 11.3. The summed E-state index contributed by atoms with van der Waals surface area (Å²) >= 11 is 1.88. The van der Waals surface area contributed by atoms with Crippen molar-refractivity contribution < 1.29 is 23.8 Å². The molecule has 1 unspecified atom stereocenters. The number of carbonyl (C=O) groups excluding carboxylic acids is 3. The van der Waals surface area contributed by atoms with Gasteiger partial charge in [0.15, 0.2) is 0 Å². The number of hydrogen-bond acceptors (Lipinski definition) is 7. The van der Waals surface area contributed by atoms with E-state index in [1.54, 1.807) is 0 Å². The molecule has 3 saturated heterocycles. The van der Waals surface area contributed by atoms with Crippen LogP contribution in [-0.4, -0.2) is 90.0 Å². The lowest BCUT2D eigenvalue weighted by atomic mass is 10.1. The molecule has 0 radical (unpaired) electrons. The van der Waals surface area contributed by atoms with Gasteiger partial charge in [-0.05, 0) is 58.3 Å². The maximum absolute atomic E-state index is 12.0. The lowest BCUT2D eigenvalue weighted by Gasteiger charge is -2.45. The SMILES string of the molecule is CC1CN(CCCCCC(=O)OCCCCCNC(=O)CCCC[C@@H]2C[C@@H](NC(N)=O)CS2)[N+]2(CCC2)N1. The van der Waals surface area contributed by atoms with E-state index in [4.69, 9.17) is 10.5 Å². The van der Waals surface area contributed by atoms with E-state index in [-0.39, 0.29) is 17.9 Å². The second-order valence-corrected chi connectivity index (χ2v) is 12.6. The monoisotopic (exact) mass is 555 g/mol. The summed E-state index contributed by atoms with van der Waals surface area (Å²) in [6.45, 7) is 8.05. The van der Waals surface area contributed by atoms with Gasteiger partial charge in [-0.15, -0.1) is 10.4 Å². The number of nitrogens with zero attached hydrogens (tertiary/aromatic N) is 2. The lowest BCUT2D eigenvalue weighted by molar-refractivity contribution is -1.09. The van der Waals surface area contributed by atoms with Gasteiger partial charge in [0.25, 0.3) is 0 Å². The van der Waals surface area contributed by atoms with Crippen LogP contribution in [-0.2, 0) is 14.3 Å². The standard InChI is InChI=1S/C27H50N6O4S/c1-22-20-32(33(31-22)16-10-17-33)15-8-2-4-13-26(35)37-18-9-3-7-14-29-25(34)12-6-5-11-24-19-23(21-38-24)30-27(28)36/h22-24,31H,2-21H2,1H3,(H3-,28,29,30,34,36)/p+1/t22?,23-,24-/m1/s1. The Morgan fingerprint density at radius 2 is 1.84 bits per heavy atom. The minimum absolute atomic E-state index is 0.0864. The number of urea groups is 1. The molecule has 3 heterocycles. The summed E-state index contributed by atoms with van der Waals surface area (Å²) in [6, 6.07) is 0.296. The number of nitrogens with one attached hydrogen (secondary N) is 3. The van der Waals surface area contributed by atoms with Crippen molar-refractivity contribution >= 4 is 29.7 Å². The largest absolute Gasteiger partial charge is 0.466 e. The molecule has 0 aromatic carbocycles. The number of hydrogen-bond donors (Lipinski definition) is 4. The highest BCUT2D eigenvalue weighted by Crippen LogP contribution is 2.30. The molecule has 5 N–H and O–H groups in total. The number of nitrogens with two attached hydrogens (primary N) is 1. The second kappa shape index (κ2) is 16.5. The summed E-state index contributed by atoms with van der Waals surface area (Å²) in [5.74, 6) is 0.946. The Labute approximate surface area is 233 Å². The average Bonchev–Trinajstić information content (AvgIpc) is 3.43. The van der Waals surface area contributed by atoms with Crippen LogP contribution in [0.5, 0.6) is 0 Å². The number of ether oxygens (including phenoxy) is 1. The van der Waals surface area contributed by atoms with E-state index >= 15 is 0 Å². The Balaban J connectivity index is 1.06. The van der Waals surface area contributed by atoms with E-state index in [0.29, 0.717) is 37.3 Å². The maximum Gasteiger partial charge on any atom is 0.312 e. The van der Waals surface area contributed by atoms with Crippen LogP contribution in [0.25, 0.3) is 0 Å². The summed E-state index contributed by atoms with van der Waals surface area (Å²) in [7, 11) is 0. The summed E-state index contributed by atoms with van der Waals surface area (Å²) in [5.41, 5.74) is 8.89. The third-order valence-electron chi connectivity index (χ3n) is 7.85. The normalized spacial score (nSPS) is 24.3. The van der Waals surface area contributed by atoms with Crippen molar-refractivity contribution in [2.75, 3.05) is 45.1 Å². The molecule has 3 atom stereocenters. The molecule has 218 valence electrons. The molecule has 10 nitrogen and oxygen atoms in total. The van der Waals surface area contributed by atoms with Crippen LogP contribution < -0.4 is 21.8 Å². The number of carbonyl (C=O) groups is 3. The van der Waals surface area contributed by atoms with Gasteiger partial charge < -0.3 is 21.1 Å². The molecule has 3 rings (SSSR count). The van der Waals surface area contributed by atoms with Gasteiger partial charge >= 0.3 is 12.0 Å². The number of quaternary nitrogens is 1. The van der Waals surface area contributed by atoms with E-state index in [1.165, 1.54) is 19.5 Å². The first-order valence-electron chi connectivity index (χ1n) is 14.9. The minimum Gasteiger partial charge on any atom is -0.466 e. The molecule has 0 aromatic heterocycles. The first-order valence-corrected chi connectivity index (χ1v) is 15.9. The molecule has 11 heteroatoms. The van der Waals surface area contributed by atoms with Crippen LogP contribution in [0.3, 0.4) is 0 Å². The number of esters is 1. The van der Waals surface area contributed by atoms with Crippen molar-refractivity contribution in [1.82, 2.24) is 21.1 Å². The van der Waals surface area contributed by atoms with Crippen LogP contribution in [0.1, 0.15) is 90.4 Å². The predicted octanol–water partition coefficient (Wildman–Crippen LogP) is 2.82. The van der Waals surface area contributed by atoms with Crippen LogP contribution in [0.4, 0.5) is 4.79 Å². The fourth-order valence-corrected chi connectivity index (χ4v) is 7.17. The number of amides is 3. The minimum atomic E-state index is -0.447. The molecular formula is C27H51N6O4S+. The van der Waals surface area contributed by atoms with E-state index in [2.05, 4.69) is 28.0 Å². The Bertz CT molecular complexity index is 753. The highest BCUT2D eigenvalue weighted by Gasteiger charge is 2.48. The fraction of sp³-hybridized carbons (Fsp3) is 0.889. The van der Waals surface area contributed by atoms with Gasteiger partial charge in [0.05, 0.1) is 25.6 Å². The van der Waals surface area contributed by atoms with E-state index < -0.39 is 6.03 Å². The third-order valence-corrected chi connectivity index (χ3v) is 9.35. The van der Waals surface area contributed by atoms with Crippen LogP contribution >= 0.6 is 11.8 Å². The highest BCUT2D eigenvalue weighted by atomic mass is 32.2. The Hall–Kier alpha value is -1.56. The number of thioether (sulfide) groups is 1. The summed E-state index contributed by atoms with van der Waals surface area (Å²) < 4.78 is 6.36. The molecule has 38 heavy (non-hydrogen) atoms. The van der Waals surface area contributed by atoms with Crippen molar-refractivity contribution in [3.05, 3.63) is 0 Å². The van der Waals surface area contributed by atoms with Crippen LogP contribution in [0.15, 0.2) is 0 Å². The third kappa shape index (κ3) is 10.9. The highest BCUT2D eigenvalue weighted by molar-refractivity contribution is 8.00. The zero-order valence-electron chi connectivity index (χ0n) is 23.4. The number of rotatable bonds is 18. The lowest BCUT2D eigenvalue weighted by Crippen LogP contribution is -2.69. The summed E-state index contributed by atoms with van der Waals surface area (Å²) in [4.78, 5) is 34.9. The number of unbranched alkanes of at least 4 members (excludes halogenated alkanes) is 5. The molecule has 3 aliphatic rings. The molecule has 0 bridgehead atoms. The molecule has 3 aliphatic heterocycles. The van der Waals surface area contributed by atoms with Gasteiger partial charge in [-0.2, -0.15) is 16.5 Å². The zero-order valence-corrected chi connectivity index (χ0v) is 24.2. The zero-order chi connectivity index (χ0) is 27.2. The Morgan fingerprint density at radius 1 is 1.05 bits per heavy atom. The van der Waals surface area contributed by atoms with E-state index in [9.17, 15) is 14.4 Å².